The summed E-state index contributed by atoms with van der Waals surface area (Å²) < 4.78 is 2.23. The molecule has 3 nitrogen and oxygen atoms in total. The van der Waals surface area contributed by atoms with Crippen LogP contribution in [-0.4, -0.2) is 16.6 Å². The van der Waals surface area contributed by atoms with Crippen molar-refractivity contribution in [3.63, 3.8) is 0 Å². The van der Waals surface area contributed by atoms with Gasteiger partial charge in [0, 0.05) is 0 Å². The van der Waals surface area contributed by atoms with Gasteiger partial charge in [-0.1, -0.05) is 30.3 Å². The van der Waals surface area contributed by atoms with Gasteiger partial charge in [-0.25, -0.2) is 4.98 Å². The van der Waals surface area contributed by atoms with E-state index in [9.17, 15) is 0 Å². The minimum atomic E-state index is -0.0838. The first-order valence-corrected chi connectivity index (χ1v) is 6.32. The van der Waals surface area contributed by atoms with Crippen LogP contribution in [0.4, 0.5) is 0 Å². The van der Waals surface area contributed by atoms with Crippen LogP contribution >= 0.6 is 0 Å². The topological polar surface area (TPSA) is 29.9 Å². The van der Waals surface area contributed by atoms with E-state index in [1.165, 1.54) is 11.3 Å². The number of nitrogens with zero attached hydrogens (tertiary/aromatic N) is 2. The van der Waals surface area contributed by atoms with Crippen molar-refractivity contribution in [3.8, 4) is 0 Å². The summed E-state index contributed by atoms with van der Waals surface area (Å²) in [6.07, 6.45) is 3.85. The maximum Gasteiger partial charge on any atom is 0.0954 e. The van der Waals surface area contributed by atoms with Gasteiger partial charge in [0.1, 0.15) is 0 Å². The van der Waals surface area contributed by atoms with E-state index in [4.69, 9.17) is 0 Å². The molecule has 1 atom stereocenters. The number of nitrogens with one attached hydrogen (secondary N) is 1. The van der Waals surface area contributed by atoms with E-state index in [0.29, 0.717) is 0 Å². The second-order valence-electron chi connectivity index (χ2n) is 5.15. The van der Waals surface area contributed by atoms with Gasteiger partial charge in [-0.2, -0.15) is 0 Å². The molecule has 0 amide bonds. The van der Waals surface area contributed by atoms with Crippen LogP contribution in [0, 0.1) is 0 Å². The molecule has 1 aromatic carbocycles. The van der Waals surface area contributed by atoms with Crippen LogP contribution in [0.2, 0.25) is 0 Å². The second kappa shape index (κ2) is 4.94. The Bertz CT molecular complexity index is 499. The minimum absolute atomic E-state index is 0.0838. The molecule has 0 aliphatic heterocycles. The second-order valence-corrected chi connectivity index (χ2v) is 5.15. The van der Waals surface area contributed by atoms with Crippen molar-refractivity contribution in [3.05, 3.63) is 54.1 Å². The smallest absolute Gasteiger partial charge is 0.0954 e. The van der Waals surface area contributed by atoms with E-state index in [-0.39, 0.29) is 11.6 Å². The zero-order chi connectivity index (χ0) is 13.2. The molecule has 96 valence electrons. The minimum Gasteiger partial charge on any atom is -0.326 e. The van der Waals surface area contributed by atoms with Gasteiger partial charge in [0.25, 0.3) is 0 Å². The summed E-state index contributed by atoms with van der Waals surface area (Å²) >= 11 is 0. The van der Waals surface area contributed by atoms with Crippen LogP contribution in [0.3, 0.4) is 0 Å². The first-order chi connectivity index (χ1) is 8.56. The lowest BCUT2D eigenvalue weighted by Gasteiger charge is -2.28. The van der Waals surface area contributed by atoms with E-state index in [1.807, 2.05) is 25.6 Å². The summed E-state index contributed by atoms with van der Waals surface area (Å²) in [4.78, 5) is 4.31. The first-order valence-electron chi connectivity index (χ1n) is 6.32. The monoisotopic (exact) mass is 243 g/mol. The summed E-state index contributed by atoms with van der Waals surface area (Å²) in [5, 5.41) is 3.33. The molecule has 2 rings (SSSR count). The largest absolute Gasteiger partial charge is 0.326 e. The maximum atomic E-state index is 4.31. The Morgan fingerprint density at radius 2 is 1.89 bits per heavy atom. The normalized spacial score (nSPS) is 13.6. The Morgan fingerprint density at radius 3 is 2.50 bits per heavy atom. The molecule has 1 N–H and O–H groups in total. The summed E-state index contributed by atoms with van der Waals surface area (Å²) in [6, 6.07) is 10.8. The van der Waals surface area contributed by atoms with Gasteiger partial charge in [-0.05, 0) is 33.4 Å². The highest BCUT2D eigenvalue weighted by Crippen LogP contribution is 2.25. The summed E-state index contributed by atoms with van der Waals surface area (Å²) in [5.41, 5.74) is 2.41. The molecule has 1 unspecified atom stereocenters. The first kappa shape index (κ1) is 12.8. The Labute approximate surface area is 109 Å². The number of benzene rings is 1. The molecule has 0 aliphatic rings. The lowest BCUT2D eigenvalue weighted by atomic mass is 10.00. The average molecular weight is 243 g/mol. The van der Waals surface area contributed by atoms with Gasteiger partial charge in [0.2, 0.25) is 0 Å². The van der Waals surface area contributed by atoms with Gasteiger partial charge in [0.05, 0.1) is 29.8 Å². The molecule has 0 spiro atoms. The number of hydrogen-bond donors (Lipinski definition) is 1. The zero-order valence-electron chi connectivity index (χ0n) is 11.5. The molecule has 1 aromatic heterocycles. The molecule has 0 aliphatic carbocycles. The van der Waals surface area contributed by atoms with Gasteiger partial charge < -0.3 is 9.88 Å². The van der Waals surface area contributed by atoms with Gasteiger partial charge >= 0.3 is 0 Å². The Kier molecular flexibility index (Phi) is 3.53. The molecule has 18 heavy (non-hydrogen) atoms. The van der Waals surface area contributed by atoms with E-state index in [2.05, 4.69) is 59.9 Å². The average Bonchev–Trinajstić information content (AvgIpc) is 2.89. The fourth-order valence-electron chi connectivity index (χ4n) is 2.12. The van der Waals surface area contributed by atoms with Crippen LogP contribution in [0.5, 0.6) is 0 Å². The van der Waals surface area contributed by atoms with Gasteiger partial charge in [-0.15, -0.1) is 0 Å². The molecule has 0 fully saturated rings. The summed E-state index contributed by atoms with van der Waals surface area (Å²) in [7, 11) is 1.98. The third-order valence-electron chi connectivity index (χ3n) is 3.63. The SMILES string of the molecule is CNC(C)(C)c1cncn1C(C)c1ccccc1. The third-order valence-corrected chi connectivity index (χ3v) is 3.63. The lowest BCUT2D eigenvalue weighted by molar-refractivity contribution is 0.401. The molecule has 0 bridgehead atoms. The van der Waals surface area contributed by atoms with Crippen LogP contribution in [0.15, 0.2) is 42.9 Å². The molecule has 0 saturated carbocycles. The van der Waals surface area contributed by atoms with E-state index in [1.54, 1.807) is 0 Å². The summed E-state index contributed by atoms with van der Waals surface area (Å²) in [5.74, 6) is 0. The van der Waals surface area contributed by atoms with Crippen molar-refractivity contribution in [2.45, 2.75) is 32.4 Å². The molecule has 1 heterocycles. The number of hydrogen-bond acceptors (Lipinski definition) is 2. The number of imidazole rings is 1. The van der Waals surface area contributed by atoms with Crippen LogP contribution in [0.25, 0.3) is 0 Å². The third kappa shape index (κ3) is 2.31. The Morgan fingerprint density at radius 1 is 1.22 bits per heavy atom. The predicted octanol–water partition coefficient (Wildman–Crippen LogP) is 2.95. The molecular formula is C15H21N3. The maximum absolute atomic E-state index is 4.31. The molecule has 3 heteroatoms. The standard InChI is InChI=1S/C15H21N3/c1-12(13-8-6-5-7-9-13)18-11-17-10-14(18)15(2,3)16-4/h5-12,16H,1-4H3. The highest BCUT2D eigenvalue weighted by molar-refractivity contribution is 5.22. The van der Waals surface area contributed by atoms with Gasteiger partial charge in [0.15, 0.2) is 0 Å². The fourth-order valence-corrected chi connectivity index (χ4v) is 2.12. The quantitative estimate of drug-likeness (QED) is 0.894. The van der Waals surface area contributed by atoms with E-state index in [0.717, 1.165) is 0 Å². The van der Waals surface area contributed by atoms with Crippen molar-refractivity contribution in [1.82, 2.24) is 14.9 Å². The highest BCUT2D eigenvalue weighted by Gasteiger charge is 2.24. The highest BCUT2D eigenvalue weighted by atomic mass is 15.1. The van der Waals surface area contributed by atoms with E-state index >= 15 is 0 Å². The molecule has 2 aromatic rings. The van der Waals surface area contributed by atoms with Crippen LogP contribution in [0.1, 0.15) is 38.1 Å². The summed E-state index contributed by atoms with van der Waals surface area (Å²) in [6.45, 7) is 6.53. The Balaban J connectivity index is 2.38. The number of rotatable bonds is 4. The zero-order valence-corrected chi connectivity index (χ0v) is 11.5. The predicted molar refractivity (Wildman–Crippen MR) is 74.6 cm³/mol. The van der Waals surface area contributed by atoms with Gasteiger partial charge in [-0.3, -0.25) is 0 Å². The number of aromatic nitrogens is 2. The molecule has 0 radical (unpaired) electrons. The van der Waals surface area contributed by atoms with Crippen molar-refractivity contribution < 1.29 is 0 Å². The lowest BCUT2D eigenvalue weighted by Crippen LogP contribution is -2.36. The Hall–Kier alpha value is -1.61. The van der Waals surface area contributed by atoms with Crippen LogP contribution in [-0.2, 0) is 5.54 Å². The van der Waals surface area contributed by atoms with Crippen molar-refractivity contribution in [2.24, 2.45) is 0 Å². The fraction of sp³-hybridized carbons (Fsp3) is 0.400. The van der Waals surface area contributed by atoms with E-state index < -0.39 is 0 Å². The molecule has 0 saturated heterocycles. The van der Waals surface area contributed by atoms with Crippen molar-refractivity contribution in [2.75, 3.05) is 7.05 Å². The van der Waals surface area contributed by atoms with Crippen LogP contribution < -0.4 is 5.32 Å². The molecular weight excluding hydrogens is 222 g/mol. The van der Waals surface area contributed by atoms with Crippen molar-refractivity contribution in [1.29, 1.82) is 0 Å². The van der Waals surface area contributed by atoms with Crippen molar-refractivity contribution >= 4 is 0 Å².